The Bertz CT molecular complexity index is 1460. The van der Waals surface area contributed by atoms with Crippen molar-refractivity contribution in [1.29, 1.82) is 0 Å². The summed E-state index contributed by atoms with van der Waals surface area (Å²) in [5.41, 5.74) is 4.46. The Hall–Kier alpha value is -4.38. The van der Waals surface area contributed by atoms with Gasteiger partial charge in [0.25, 0.3) is 17.5 Å². The number of nitro groups is 1. The van der Waals surface area contributed by atoms with E-state index in [4.69, 9.17) is 25.5 Å². The second-order valence-electron chi connectivity index (χ2n) is 8.44. The molecule has 0 unspecified atom stereocenters. The maximum absolute atomic E-state index is 13.0. The highest BCUT2D eigenvalue weighted by Gasteiger charge is 2.28. The SMILES string of the molecule is Cc1c(C(=O)Nc2ccc3c(c2)OCCO3)oc2c1/C(=N/NC(=O)c1ccc(Cl)c([N+](=O)[O-])c1)CCC2. The van der Waals surface area contributed by atoms with E-state index in [1.54, 1.807) is 25.1 Å². The first-order valence-corrected chi connectivity index (χ1v) is 11.8. The van der Waals surface area contributed by atoms with Gasteiger partial charge in [-0.2, -0.15) is 5.10 Å². The van der Waals surface area contributed by atoms with Gasteiger partial charge in [-0.1, -0.05) is 11.6 Å². The lowest BCUT2D eigenvalue weighted by Gasteiger charge is -2.18. The van der Waals surface area contributed by atoms with Crippen molar-refractivity contribution < 1.29 is 28.4 Å². The first-order chi connectivity index (χ1) is 17.8. The van der Waals surface area contributed by atoms with Crippen molar-refractivity contribution in [1.82, 2.24) is 5.43 Å². The second-order valence-corrected chi connectivity index (χ2v) is 8.85. The van der Waals surface area contributed by atoms with Crippen LogP contribution in [0.4, 0.5) is 11.4 Å². The molecule has 2 aliphatic rings. The monoisotopic (exact) mass is 524 g/mol. The number of hydrazone groups is 1. The molecule has 1 aliphatic heterocycles. The van der Waals surface area contributed by atoms with E-state index in [1.807, 2.05) is 0 Å². The zero-order valence-electron chi connectivity index (χ0n) is 19.6. The molecule has 3 aromatic rings. The number of nitrogens with one attached hydrogen (secondary N) is 2. The normalized spacial score (nSPS) is 15.1. The molecule has 2 N–H and O–H groups in total. The predicted octanol–water partition coefficient (Wildman–Crippen LogP) is 4.64. The number of nitro benzene ring substituents is 1. The maximum Gasteiger partial charge on any atom is 0.291 e. The summed E-state index contributed by atoms with van der Waals surface area (Å²) in [5, 5.41) is 18.1. The third kappa shape index (κ3) is 4.85. The summed E-state index contributed by atoms with van der Waals surface area (Å²) in [4.78, 5) is 36.1. The summed E-state index contributed by atoms with van der Waals surface area (Å²) in [6.07, 6.45) is 1.88. The lowest BCUT2D eigenvalue weighted by molar-refractivity contribution is -0.384. The van der Waals surface area contributed by atoms with Crippen molar-refractivity contribution >= 4 is 40.5 Å². The molecule has 190 valence electrons. The van der Waals surface area contributed by atoms with Gasteiger partial charge in [-0.15, -0.1) is 0 Å². The summed E-state index contributed by atoms with van der Waals surface area (Å²) in [7, 11) is 0. The van der Waals surface area contributed by atoms with E-state index >= 15 is 0 Å². The second kappa shape index (κ2) is 9.94. The van der Waals surface area contributed by atoms with Crippen molar-refractivity contribution in [2.24, 2.45) is 5.10 Å². The number of anilines is 1. The molecule has 2 amide bonds. The fraction of sp³-hybridized carbons (Fsp3) is 0.240. The third-order valence-electron chi connectivity index (χ3n) is 6.03. The average molecular weight is 525 g/mol. The Morgan fingerprint density at radius 2 is 1.84 bits per heavy atom. The van der Waals surface area contributed by atoms with Crippen LogP contribution in [-0.4, -0.2) is 35.7 Å². The quantitative estimate of drug-likeness (QED) is 0.365. The summed E-state index contributed by atoms with van der Waals surface area (Å²) >= 11 is 5.82. The van der Waals surface area contributed by atoms with Gasteiger partial charge in [-0.05, 0) is 44.0 Å². The zero-order valence-corrected chi connectivity index (χ0v) is 20.4. The molecule has 0 spiro atoms. The molecule has 5 rings (SSSR count). The van der Waals surface area contributed by atoms with Crippen molar-refractivity contribution in [2.45, 2.75) is 26.2 Å². The maximum atomic E-state index is 13.0. The summed E-state index contributed by atoms with van der Waals surface area (Å²) in [6, 6.07) is 8.88. The Morgan fingerprint density at radius 3 is 2.62 bits per heavy atom. The lowest BCUT2D eigenvalue weighted by Crippen LogP contribution is -2.22. The van der Waals surface area contributed by atoms with Crippen LogP contribution >= 0.6 is 11.6 Å². The fourth-order valence-electron chi connectivity index (χ4n) is 4.28. The average Bonchev–Trinajstić information content (AvgIpc) is 3.24. The molecule has 0 bridgehead atoms. The number of aryl methyl sites for hydroxylation is 1. The van der Waals surface area contributed by atoms with E-state index in [2.05, 4.69) is 15.8 Å². The van der Waals surface area contributed by atoms with E-state index in [0.29, 0.717) is 72.3 Å². The number of amides is 2. The molecule has 1 aromatic heterocycles. The number of hydrogen-bond donors (Lipinski definition) is 2. The van der Waals surface area contributed by atoms with Crippen molar-refractivity contribution in [3.63, 3.8) is 0 Å². The number of carbonyl (C=O) groups excluding carboxylic acids is 2. The van der Waals surface area contributed by atoms with Gasteiger partial charge in [0.1, 0.15) is 24.0 Å². The highest BCUT2D eigenvalue weighted by atomic mass is 35.5. The molecule has 12 heteroatoms. The number of carbonyl (C=O) groups is 2. The van der Waals surface area contributed by atoms with Crippen LogP contribution in [0.2, 0.25) is 5.02 Å². The summed E-state index contributed by atoms with van der Waals surface area (Å²) in [5.74, 6) is 0.860. The number of benzene rings is 2. The first kappa shape index (κ1) is 24.3. The molecule has 1 aliphatic carbocycles. The van der Waals surface area contributed by atoms with Crippen LogP contribution in [0.1, 0.15) is 50.6 Å². The first-order valence-electron chi connectivity index (χ1n) is 11.5. The molecule has 0 saturated carbocycles. The van der Waals surface area contributed by atoms with Crippen LogP contribution in [0.3, 0.4) is 0 Å². The minimum atomic E-state index is -0.662. The molecule has 2 heterocycles. The highest BCUT2D eigenvalue weighted by molar-refractivity contribution is 6.32. The van der Waals surface area contributed by atoms with Gasteiger partial charge in [0.15, 0.2) is 17.3 Å². The molecule has 0 fully saturated rings. The Kier molecular flexibility index (Phi) is 6.53. The summed E-state index contributed by atoms with van der Waals surface area (Å²) in [6.45, 7) is 2.66. The highest BCUT2D eigenvalue weighted by Crippen LogP contribution is 2.34. The molecule has 11 nitrogen and oxygen atoms in total. The van der Waals surface area contributed by atoms with Gasteiger partial charge in [-0.25, -0.2) is 5.43 Å². The van der Waals surface area contributed by atoms with Gasteiger partial charge >= 0.3 is 0 Å². The van der Waals surface area contributed by atoms with Crippen LogP contribution in [0.5, 0.6) is 11.5 Å². The topological polar surface area (TPSA) is 145 Å². The van der Waals surface area contributed by atoms with Gasteiger partial charge in [0.05, 0.1) is 10.6 Å². The molecule has 0 saturated heterocycles. The number of furan rings is 1. The van der Waals surface area contributed by atoms with Gasteiger partial charge in [0.2, 0.25) is 0 Å². The Balaban J connectivity index is 1.35. The molecular weight excluding hydrogens is 504 g/mol. The number of hydrogen-bond acceptors (Lipinski definition) is 8. The largest absolute Gasteiger partial charge is 0.486 e. The van der Waals surface area contributed by atoms with Crippen LogP contribution in [0.15, 0.2) is 45.9 Å². The van der Waals surface area contributed by atoms with E-state index in [-0.39, 0.29) is 22.0 Å². The lowest BCUT2D eigenvalue weighted by atomic mass is 9.93. The van der Waals surface area contributed by atoms with Crippen molar-refractivity contribution in [3.05, 3.63) is 79.7 Å². The van der Waals surface area contributed by atoms with E-state index in [1.165, 1.54) is 12.1 Å². The Morgan fingerprint density at radius 1 is 1.05 bits per heavy atom. The minimum Gasteiger partial charge on any atom is -0.486 e. The predicted molar refractivity (Wildman–Crippen MR) is 134 cm³/mol. The van der Waals surface area contributed by atoms with Gasteiger partial charge in [-0.3, -0.25) is 19.7 Å². The van der Waals surface area contributed by atoms with Gasteiger partial charge in [0, 0.05) is 40.9 Å². The van der Waals surface area contributed by atoms with Crippen molar-refractivity contribution in [2.75, 3.05) is 18.5 Å². The molecule has 2 aromatic carbocycles. The van der Waals surface area contributed by atoms with E-state index < -0.39 is 16.7 Å². The molecule has 0 atom stereocenters. The third-order valence-corrected chi connectivity index (χ3v) is 6.35. The standard InChI is InChI=1S/C25H21ClN4O7/c1-13-22-17(28-29-24(31)14-5-7-16(26)18(11-14)30(33)34)3-2-4-20(22)37-23(13)25(32)27-15-6-8-19-21(12-15)36-10-9-35-19/h5-8,11-12H,2-4,9-10H2,1H3,(H,27,32)(H,29,31)/b28-17+. The number of fused-ring (bicyclic) bond motifs is 2. The molecule has 37 heavy (non-hydrogen) atoms. The summed E-state index contributed by atoms with van der Waals surface area (Å²) < 4.78 is 17.0. The number of rotatable bonds is 5. The van der Waals surface area contributed by atoms with Crippen LogP contribution < -0.4 is 20.2 Å². The van der Waals surface area contributed by atoms with Crippen LogP contribution in [0.25, 0.3) is 0 Å². The zero-order chi connectivity index (χ0) is 26.1. The smallest absolute Gasteiger partial charge is 0.291 e. The minimum absolute atomic E-state index is 0.0416. The van der Waals surface area contributed by atoms with E-state index in [0.717, 1.165) is 6.07 Å². The molecule has 0 radical (unpaired) electrons. The number of nitrogens with zero attached hydrogens (tertiary/aromatic N) is 2. The Labute approximate surface area is 215 Å². The number of ether oxygens (including phenoxy) is 2. The number of halogens is 1. The van der Waals surface area contributed by atoms with Crippen LogP contribution in [0, 0.1) is 17.0 Å². The van der Waals surface area contributed by atoms with Crippen molar-refractivity contribution in [3.8, 4) is 11.5 Å². The van der Waals surface area contributed by atoms with E-state index in [9.17, 15) is 19.7 Å². The van der Waals surface area contributed by atoms with Gasteiger partial charge < -0.3 is 19.2 Å². The van der Waals surface area contributed by atoms with Crippen LogP contribution in [-0.2, 0) is 6.42 Å². The molecular formula is C25H21ClN4O7. The fourth-order valence-corrected chi connectivity index (χ4v) is 4.47.